The monoisotopic (exact) mass is 168 g/mol. The lowest BCUT2D eigenvalue weighted by molar-refractivity contribution is 0.510. The second-order valence-corrected chi connectivity index (χ2v) is 2.83. The molecule has 0 aliphatic carbocycles. The second-order valence-electron chi connectivity index (χ2n) is 2.38. The first kappa shape index (κ1) is 6.73. The Hall–Kier alpha value is -0.960. The average molecular weight is 168 g/mol. The van der Waals surface area contributed by atoms with Gasteiger partial charge in [-0.2, -0.15) is 0 Å². The van der Waals surface area contributed by atoms with Gasteiger partial charge in [0.2, 0.25) is 0 Å². The van der Waals surface area contributed by atoms with Gasteiger partial charge < -0.3 is 4.74 Å². The first-order valence-electron chi connectivity index (χ1n) is 3.25. The summed E-state index contributed by atoms with van der Waals surface area (Å²) in [4.78, 5) is 0. The molecule has 0 N–H and O–H groups in total. The fourth-order valence-electron chi connectivity index (χ4n) is 1.11. The molecule has 2 rings (SSSR count). The highest BCUT2D eigenvalue weighted by Gasteiger charge is 2.19. The molecule has 0 saturated heterocycles. The molecule has 1 nitrogen and oxygen atoms in total. The zero-order valence-electron chi connectivity index (χ0n) is 5.63. The molecule has 0 fully saturated rings. The van der Waals surface area contributed by atoms with Gasteiger partial charge >= 0.3 is 0 Å². The number of hydrogen-bond donors (Lipinski definition) is 0. The van der Waals surface area contributed by atoms with Gasteiger partial charge in [-0.05, 0) is 18.3 Å². The van der Waals surface area contributed by atoms with Crippen molar-refractivity contribution in [1.29, 1.82) is 0 Å². The lowest BCUT2D eigenvalue weighted by Crippen LogP contribution is -1.97. The predicted molar refractivity (Wildman–Crippen MR) is 43.3 cm³/mol. The van der Waals surface area contributed by atoms with Crippen LogP contribution in [0.25, 0.3) is 0 Å². The number of hydrogen-bond acceptors (Lipinski definition) is 2. The summed E-state index contributed by atoms with van der Waals surface area (Å²) in [5, 5.41) is 0.449. The molecule has 1 aromatic carbocycles. The minimum Gasteiger partial charge on any atom is -0.447 e. The third kappa shape index (κ3) is 1.01. The highest BCUT2D eigenvalue weighted by Crippen LogP contribution is 2.28. The molecule has 0 saturated carbocycles. The van der Waals surface area contributed by atoms with Crippen molar-refractivity contribution in [3.63, 3.8) is 0 Å². The van der Waals surface area contributed by atoms with Crippen LogP contribution in [0.2, 0.25) is 0 Å². The number of halogens is 1. The van der Waals surface area contributed by atoms with E-state index in [2.05, 4.69) is 0 Å². The smallest absolute Gasteiger partial charge is 0.172 e. The van der Waals surface area contributed by atoms with E-state index in [1.54, 1.807) is 6.07 Å². The van der Waals surface area contributed by atoms with Crippen LogP contribution in [0, 0.1) is 5.82 Å². The van der Waals surface area contributed by atoms with Crippen LogP contribution in [0.15, 0.2) is 18.2 Å². The Balaban J connectivity index is 2.57. The van der Waals surface area contributed by atoms with E-state index in [0.717, 1.165) is 5.56 Å². The van der Waals surface area contributed by atoms with Crippen LogP contribution in [0.3, 0.4) is 0 Å². The molecule has 11 heavy (non-hydrogen) atoms. The van der Waals surface area contributed by atoms with Gasteiger partial charge in [0.1, 0.15) is 0 Å². The molecule has 1 heterocycles. The van der Waals surface area contributed by atoms with Crippen LogP contribution < -0.4 is 4.74 Å². The zero-order valence-corrected chi connectivity index (χ0v) is 6.45. The van der Waals surface area contributed by atoms with Crippen LogP contribution in [-0.2, 0) is 6.42 Å². The number of thiocarbonyl (C=S) groups is 1. The van der Waals surface area contributed by atoms with Crippen molar-refractivity contribution >= 4 is 17.3 Å². The van der Waals surface area contributed by atoms with Crippen molar-refractivity contribution in [3.8, 4) is 5.75 Å². The fourth-order valence-corrected chi connectivity index (χ4v) is 1.35. The van der Waals surface area contributed by atoms with Crippen molar-refractivity contribution < 1.29 is 9.13 Å². The van der Waals surface area contributed by atoms with Crippen LogP contribution in [0.1, 0.15) is 5.56 Å². The van der Waals surface area contributed by atoms with Crippen molar-refractivity contribution in [1.82, 2.24) is 0 Å². The van der Waals surface area contributed by atoms with Crippen molar-refractivity contribution in [2.45, 2.75) is 6.42 Å². The van der Waals surface area contributed by atoms with E-state index in [0.29, 0.717) is 17.2 Å². The quantitative estimate of drug-likeness (QED) is 0.548. The maximum Gasteiger partial charge on any atom is 0.172 e. The van der Waals surface area contributed by atoms with Crippen molar-refractivity contribution in [2.75, 3.05) is 0 Å². The molecule has 3 heteroatoms. The highest BCUT2D eigenvalue weighted by molar-refractivity contribution is 7.80. The summed E-state index contributed by atoms with van der Waals surface area (Å²) in [5.74, 6) is -0.0279. The molecule has 0 unspecified atom stereocenters. The Morgan fingerprint density at radius 1 is 1.45 bits per heavy atom. The summed E-state index contributed by atoms with van der Waals surface area (Å²) in [7, 11) is 0. The van der Waals surface area contributed by atoms with Gasteiger partial charge in [-0.3, -0.25) is 0 Å². The molecule has 0 atom stereocenters. The Bertz CT molecular complexity index is 322. The molecule has 1 aromatic rings. The molecule has 1 aliphatic rings. The third-order valence-corrected chi connectivity index (χ3v) is 1.83. The number of rotatable bonds is 0. The Labute approximate surface area is 68.8 Å². The number of benzene rings is 1. The molecule has 1 aliphatic heterocycles. The largest absolute Gasteiger partial charge is 0.447 e. The van der Waals surface area contributed by atoms with E-state index in [-0.39, 0.29) is 5.82 Å². The third-order valence-electron chi connectivity index (χ3n) is 1.60. The maximum absolute atomic E-state index is 12.9. The lowest BCUT2D eigenvalue weighted by Gasteiger charge is -1.96. The predicted octanol–water partition coefficient (Wildman–Crippen LogP) is 2.09. The summed E-state index contributed by atoms with van der Waals surface area (Å²) in [6.45, 7) is 0. The van der Waals surface area contributed by atoms with Crippen molar-refractivity contribution in [3.05, 3.63) is 29.6 Å². The zero-order chi connectivity index (χ0) is 7.84. The average Bonchev–Trinajstić information content (AvgIpc) is 2.31. The summed E-state index contributed by atoms with van der Waals surface area (Å²) >= 11 is 4.79. The summed E-state index contributed by atoms with van der Waals surface area (Å²) < 4.78 is 17.9. The van der Waals surface area contributed by atoms with Gasteiger partial charge in [0, 0.05) is 12.0 Å². The van der Waals surface area contributed by atoms with Crippen LogP contribution in [-0.4, -0.2) is 5.05 Å². The lowest BCUT2D eigenvalue weighted by atomic mass is 10.2. The van der Waals surface area contributed by atoms with Crippen molar-refractivity contribution in [2.24, 2.45) is 0 Å². The van der Waals surface area contributed by atoms with Gasteiger partial charge in [-0.15, -0.1) is 0 Å². The molecule has 0 aromatic heterocycles. The second kappa shape index (κ2) is 2.27. The van der Waals surface area contributed by atoms with Gasteiger partial charge in [0.25, 0.3) is 0 Å². The molecular weight excluding hydrogens is 163 g/mol. The number of para-hydroxylation sites is 1. The number of fused-ring (bicyclic) bond motifs is 1. The summed E-state index contributed by atoms with van der Waals surface area (Å²) in [6, 6.07) is 4.84. The Kier molecular flexibility index (Phi) is 1.39. The van der Waals surface area contributed by atoms with E-state index >= 15 is 0 Å². The summed E-state index contributed by atoms with van der Waals surface area (Å²) in [6.07, 6.45) is 0.558. The normalized spacial score (nSPS) is 14.5. The number of ether oxygens (including phenoxy) is 1. The van der Waals surface area contributed by atoms with E-state index in [1.165, 1.54) is 6.07 Å². The maximum atomic E-state index is 12.9. The Morgan fingerprint density at radius 2 is 2.27 bits per heavy atom. The van der Waals surface area contributed by atoms with Crippen LogP contribution in [0.4, 0.5) is 4.39 Å². The molecule has 56 valence electrons. The fraction of sp³-hybridized carbons (Fsp3) is 0.125. The van der Waals surface area contributed by atoms with Crippen LogP contribution in [0.5, 0.6) is 5.75 Å². The molecule has 0 amide bonds. The van der Waals surface area contributed by atoms with Gasteiger partial charge in [0.15, 0.2) is 16.6 Å². The molecule has 0 bridgehead atoms. The minimum atomic E-state index is -0.331. The van der Waals surface area contributed by atoms with E-state index in [1.807, 2.05) is 6.07 Å². The topological polar surface area (TPSA) is 9.23 Å². The standard InChI is InChI=1S/C8H5FOS/c9-6-3-1-2-5-4-7(11)10-8(5)6/h1-3H,4H2. The van der Waals surface area contributed by atoms with E-state index in [9.17, 15) is 4.39 Å². The summed E-state index contributed by atoms with van der Waals surface area (Å²) in [5.41, 5.74) is 0.843. The van der Waals surface area contributed by atoms with Gasteiger partial charge in [-0.25, -0.2) is 4.39 Å². The molecule has 0 radical (unpaired) electrons. The van der Waals surface area contributed by atoms with Crippen LogP contribution >= 0.6 is 12.2 Å². The SMILES string of the molecule is Fc1cccc2c1OC(=S)C2. The minimum absolute atomic E-state index is 0.303. The van der Waals surface area contributed by atoms with Gasteiger partial charge in [0.05, 0.1) is 0 Å². The van der Waals surface area contributed by atoms with Gasteiger partial charge in [-0.1, -0.05) is 12.1 Å². The first-order valence-corrected chi connectivity index (χ1v) is 3.66. The highest BCUT2D eigenvalue weighted by atomic mass is 32.1. The van der Waals surface area contributed by atoms with E-state index < -0.39 is 0 Å². The molecular formula is C8H5FOS. The molecule has 0 spiro atoms. The van der Waals surface area contributed by atoms with E-state index in [4.69, 9.17) is 17.0 Å². The first-order chi connectivity index (χ1) is 5.27. The Morgan fingerprint density at radius 3 is 3.00 bits per heavy atom.